The molecule has 0 saturated carbocycles. The average molecular weight is 354 g/mol. The maximum Gasteiger partial charge on any atom is 0.118 e. The van der Waals surface area contributed by atoms with Crippen LogP contribution in [0.1, 0.15) is 5.56 Å². The van der Waals surface area contributed by atoms with E-state index in [1.165, 1.54) is 21.5 Å². The summed E-state index contributed by atoms with van der Waals surface area (Å²) >= 11 is 0. The topological polar surface area (TPSA) is 33.0 Å². The van der Waals surface area contributed by atoms with Crippen molar-refractivity contribution in [1.29, 1.82) is 5.26 Å². The number of methoxy groups -OCH3 is 1. The summed E-state index contributed by atoms with van der Waals surface area (Å²) in [5, 5.41) is 12.1. The van der Waals surface area contributed by atoms with Crippen LogP contribution < -0.4 is 15.1 Å². The van der Waals surface area contributed by atoms with Crippen LogP contribution in [0.4, 0.5) is 0 Å². The normalized spacial score (nSPS) is 11.9. The van der Waals surface area contributed by atoms with Crippen LogP contribution in [0.15, 0.2) is 36.4 Å². The lowest BCUT2D eigenvalue weighted by Gasteiger charge is -2.26. The van der Waals surface area contributed by atoms with Crippen LogP contribution in [0.2, 0.25) is 39.3 Å². The molecule has 0 spiro atoms. The van der Waals surface area contributed by atoms with Gasteiger partial charge in [-0.1, -0.05) is 56.6 Å². The molecule has 0 aliphatic carbocycles. The molecule has 0 amide bonds. The molecule has 4 heteroatoms. The minimum Gasteiger partial charge on any atom is -0.497 e. The van der Waals surface area contributed by atoms with Gasteiger partial charge in [-0.25, -0.2) is 0 Å². The van der Waals surface area contributed by atoms with Gasteiger partial charge in [-0.05, 0) is 40.6 Å². The molecule has 2 nitrogen and oxygen atoms in total. The monoisotopic (exact) mass is 353 g/mol. The van der Waals surface area contributed by atoms with Gasteiger partial charge >= 0.3 is 0 Å². The first kappa shape index (κ1) is 18.5. The molecule has 0 radical (unpaired) electrons. The Kier molecular flexibility index (Phi) is 5.07. The molecule has 0 atom stereocenters. The minimum atomic E-state index is -1.58. The zero-order valence-electron chi connectivity index (χ0n) is 15.8. The quantitative estimate of drug-likeness (QED) is 0.767. The van der Waals surface area contributed by atoms with Gasteiger partial charge in [-0.2, -0.15) is 5.26 Å². The van der Waals surface area contributed by atoms with Gasteiger partial charge in [-0.15, -0.1) is 0 Å². The lowest BCUT2D eigenvalue weighted by Crippen LogP contribution is -2.43. The molecule has 0 aromatic heterocycles. The molecule has 0 bridgehead atoms. The van der Waals surface area contributed by atoms with Crippen molar-refractivity contribution in [3.8, 4) is 22.9 Å². The molecule has 0 saturated heterocycles. The number of ether oxygens (including phenoxy) is 1. The van der Waals surface area contributed by atoms with Crippen LogP contribution in [-0.4, -0.2) is 23.3 Å². The van der Waals surface area contributed by atoms with E-state index < -0.39 is 16.1 Å². The van der Waals surface area contributed by atoms with E-state index in [0.29, 0.717) is 0 Å². The number of hydrogen-bond donors (Lipinski definition) is 0. The first-order chi connectivity index (χ1) is 11.1. The minimum absolute atomic E-state index is 0.749. The van der Waals surface area contributed by atoms with Crippen LogP contribution in [0.5, 0.6) is 5.75 Å². The van der Waals surface area contributed by atoms with Crippen LogP contribution in [0.25, 0.3) is 11.1 Å². The molecule has 0 unspecified atom stereocenters. The second-order valence-electron chi connectivity index (χ2n) is 8.28. The molecule has 0 heterocycles. The highest BCUT2D eigenvalue weighted by Crippen LogP contribution is 2.25. The zero-order valence-corrected chi connectivity index (χ0v) is 17.8. The number of benzene rings is 2. The highest BCUT2D eigenvalue weighted by Gasteiger charge is 2.26. The maximum atomic E-state index is 9.30. The molecular weight excluding hydrogens is 326 g/mol. The SMILES string of the molecule is COc1ccc(-c2ccc(C#N)cc2[Si](C)(C)C)c([Si](C)(C)C)c1. The Morgan fingerprint density at radius 3 is 1.75 bits per heavy atom. The first-order valence-electron chi connectivity index (χ1n) is 8.31. The van der Waals surface area contributed by atoms with Crippen molar-refractivity contribution in [2.45, 2.75) is 39.3 Å². The second kappa shape index (κ2) is 6.58. The highest BCUT2D eigenvalue weighted by atomic mass is 28.3. The summed E-state index contributed by atoms with van der Waals surface area (Å²) in [6.07, 6.45) is 0. The fraction of sp³-hybridized carbons (Fsp3) is 0.350. The average Bonchev–Trinajstić information content (AvgIpc) is 2.52. The van der Waals surface area contributed by atoms with E-state index in [-0.39, 0.29) is 0 Å². The third kappa shape index (κ3) is 3.80. The third-order valence-corrected chi connectivity index (χ3v) is 8.34. The predicted molar refractivity (Wildman–Crippen MR) is 109 cm³/mol. The number of nitriles is 1. The van der Waals surface area contributed by atoms with Gasteiger partial charge in [0.1, 0.15) is 5.75 Å². The molecule has 0 aliphatic rings. The summed E-state index contributed by atoms with van der Waals surface area (Å²) in [6, 6.07) is 14.9. The van der Waals surface area contributed by atoms with Gasteiger partial charge in [0, 0.05) is 0 Å². The van der Waals surface area contributed by atoms with Crippen LogP contribution in [0.3, 0.4) is 0 Å². The van der Waals surface area contributed by atoms with Crippen molar-refractivity contribution in [1.82, 2.24) is 0 Å². The molecule has 0 fully saturated rings. The van der Waals surface area contributed by atoms with Gasteiger partial charge in [0.25, 0.3) is 0 Å². The van der Waals surface area contributed by atoms with Crippen molar-refractivity contribution in [2.75, 3.05) is 7.11 Å². The van der Waals surface area contributed by atoms with Crippen molar-refractivity contribution in [3.63, 3.8) is 0 Å². The maximum absolute atomic E-state index is 9.30. The second-order valence-corrected chi connectivity index (χ2v) is 18.4. The lowest BCUT2D eigenvalue weighted by molar-refractivity contribution is 0.415. The Bertz CT molecular complexity index is 793. The molecule has 2 aromatic carbocycles. The standard InChI is InChI=1S/C20H27NOSi2/c1-22-16-9-11-18(20(13-16)24(5,6)7)17-10-8-15(14-21)12-19(17)23(2,3)4/h8-13H,1-7H3. The van der Waals surface area contributed by atoms with E-state index in [4.69, 9.17) is 4.74 Å². The summed E-state index contributed by atoms with van der Waals surface area (Å²) in [5.41, 5.74) is 3.34. The smallest absolute Gasteiger partial charge is 0.118 e. The van der Waals surface area contributed by atoms with Gasteiger partial charge < -0.3 is 4.74 Å². The van der Waals surface area contributed by atoms with E-state index in [9.17, 15) is 5.26 Å². The molecule has 0 aliphatic heterocycles. The van der Waals surface area contributed by atoms with Gasteiger partial charge in [0.2, 0.25) is 0 Å². The summed E-state index contributed by atoms with van der Waals surface area (Å²) in [5.74, 6) is 0.916. The Balaban J connectivity index is 2.80. The molecule has 24 heavy (non-hydrogen) atoms. The highest BCUT2D eigenvalue weighted by molar-refractivity contribution is 6.91. The largest absolute Gasteiger partial charge is 0.497 e. The Labute approximate surface area is 148 Å². The lowest BCUT2D eigenvalue weighted by atomic mass is 10.0. The van der Waals surface area contributed by atoms with Gasteiger partial charge in [-0.3, -0.25) is 0 Å². The number of hydrogen-bond acceptors (Lipinski definition) is 2. The van der Waals surface area contributed by atoms with Gasteiger partial charge in [0.15, 0.2) is 0 Å². The third-order valence-electron chi connectivity index (χ3n) is 4.28. The van der Waals surface area contributed by atoms with E-state index in [1.54, 1.807) is 7.11 Å². The van der Waals surface area contributed by atoms with Crippen LogP contribution >= 0.6 is 0 Å². The zero-order chi connectivity index (χ0) is 18.1. The van der Waals surface area contributed by atoms with E-state index in [0.717, 1.165) is 11.3 Å². The summed E-state index contributed by atoms with van der Waals surface area (Å²) < 4.78 is 5.46. The Hall–Kier alpha value is -1.84. The Morgan fingerprint density at radius 2 is 1.29 bits per heavy atom. The van der Waals surface area contributed by atoms with E-state index >= 15 is 0 Å². The van der Waals surface area contributed by atoms with Crippen LogP contribution in [0, 0.1) is 11.3 Å². The fourth-order valence-corrected chi connectivity index (χ4v) is 6.19. The fourth-order valence-electron chi connectivity index (χ4n) is 2.97. The Morgan fingerprint density at radius 1 is 0.792 bits per heavy atom. The van der Waals surface area contributed by atoms with Crippen molar-refractivity contribution >= 4 is 26.5 Å². The van der Waals surface area contributed by atoms with Crippen molar-refractivity contribution in [3.05, 3.63) is 42.0 Å². The molecule has 2 aromatic rings. The summed E-state index contributed by atoms with van der Waals surface area (Å²) in [7, 11) is -1.40. The molecular formula is C20H27NOSi2. The predicted octanol–water partition coefficient (Wildman–Crippen LogP) is 4.32. The van der Waals surface area contributed by atoms with E-state index in [1.807, 2.05) is 12.1 Å². The van der Waals surface area contributed by atoms with E-state index in [2.05, 4.69) is 69.6 Å². The van der Waals surface area contributed by atoms with Crippen molar-refractivity contribution < 1.29 is 4.74 Å². The molecule has 0 N–H and O–H groups in total. The number of rotatable bonds is 4. The first-order valence-corrected chi connectivity index (χ1v) is 15.3. The number of nitrogens with zero attached hydrogens (tertiary/aromatic N) is 1. The van der Waals surface area contributed by atoms with Gasteiger partial charge in [0.05, 0.1) is 34.9 Å². The molecule has 126 valence electrons. The van der Waals surface area contributed by atoms with Crippen molar-refractivity contribution in [2.24, 2.45) is 0 Å². The van der Waals surface area contributed by atoms with Crippen LogP contribution in [-0.2, 0) is 0 Å². The molecule has 2 rings (SSSR count). The summed E-state index contributed by atoms with van der Waals surface area (Å²) in [6.45, 7) is 14.1. The summed E-state index contributed by atoms with van der Waals surface area (Å²) in [4.78, 5) is 0.